The molecular formula is C21H16O5. The van der Waals surface area contributed by atoms with Gasteiger partial charge in [0, 0.05) is 25.5 Å². The molecule has 0 fully saturated rings. The molecule has 2 heterocycles. The van der Waals surface area contributed by atoms with Crippen LogP contribution in [0.2, 0.25) is 0 Å². The van der Waals surface area contributed by atoms with Gasteiger partial charge in [-0.25, -0.2) is 9.59 Å². The van der Waals surface area contributed by atoms with Gasteiger partial charge in [-0.1, -0.05) is 54.6 Å². The van der Waals surface area contributed by atoms with E-state index < -0.39 is 17.4 Å². The Morgan fingerprint density at radius 3 is 2.08 bits per heavy atom. The predicted molar refractivity (Wildman–Crippen MR) is 96.0 cm³/mol. The second-order valence-electron chi connectivity index (χ2n) is 6.47. The lowest BCUT2D eigenvalue weighted by Crippen LogP contribution is -2.41. The number of hydrogen-bond donors (Lipinski definition) is 0. The van der Waals surface area contributed by atoms with Crippen molar-refractivity contribution in [2.24, 2.45) is 0 Å². The average molecular weight is 348 g/mol. The Bertz CT molecular complexity index is 1030. The summed E-state index contributed by atoms with van der Waals surface area (Å²) in [5.74, 6) is -1.37. The molecule has 1 aliphatic heterocycles. The van der Waals surface area contributed by atoms with Crippen molar-refractivity contribution < 1.29 is 18.7 Å². The van der Waals surface area contributed by atoms with Crippen LogP contribution in [-0.2, 0) is 4.74 Å². The maximum absolute atomic E-state index is 12.2. The molecule has 0 bridgehead atoms. The molecule has 0 radical (unpaired) electrons. The van der Waals surface area contributed by atoms with Crippen molar-refractivity contribution in [2.75, 3.05) is 0 Å². The molecule has 0 saturated carbocycles. The number of benzene rings is 2. The maximum Gasteiger partial charge on any atom is 0.354 e. The van der Waals surface area contributed by atoms with E-state index in [9.17, 15) is 9.59 Å². The molecule has 0 spiro atoms. The van der Waals surface area contributed by atoms with Gasteiger partial charge < -0.3 is 13.9 Å². The summed E-state index contributed by atoms with van der Waals surface area (Å²) in [7, 11) is 0. The quantitative estimate of drug-likeness (QED) is 0.648. The Morgan fingerprint density at radius 2 is 1.38 bits per heavy atom. The Morgan fingerprint density at radius 1 is 0.769 bits per heavy atom. The second-order valence-corrected chi connectivity index (χ2v) is 6.47. The zero-order valence-electron chi connectivity index (χ0n) is 14.3. The highest BCUT2D eigenvalue weighted by atomic mass is 16.7. The molecule has 4 rings (SSSR count). The van der Waals surface area contributed by atoms with Crippen LogP contribution in [0, 0.1) is 0 Å². The lowest BCUT2D eigenvalue weighted by molar-refractivity contribution is -0.128. The molecule has 0 aliphatic carbocycles. The highest BCUT2D eigenvalue weighted by molar-refractivity contribution is 5.93. The minimum Gasteiger partial charge on any atom is -0.451 e. The summed E-state index contributed by atoms with van der Waals surface area (Å²) in [6, 6.07) is 19.1. The Kier molecular flexibility index (Phi) is 3.65. The van der Waals surface area contributed by atoms with E-state index in [1.54, 1.807) is 19.9 Å². The minimum absolute atomic E-state index is 0.171. The van der Waals surface area contributed by atoms with Gasteiger partial charge in [-0.15, -0.1) is 0 Å². The van der Waals surface area contributed by atoms with Crippen LogP contribution in [-0.4, -0.2) is 11.8 Å². The smallest absolute Gasteiger partial charge is 0.354 e. The maximum atomic E-state index is 12.2. The first-order chi connectivity index (χ1) is 12.4. The van der Waals surface area contributed by atoms with Gasteiger partial charge in [-0.3, -0.25) is 0 Å². The van der Waals surface area contributed by atoms with Crippen molar-refractivity contribution >= 4 is 5.97 Å². The topological polar surface area (TPSA) is 65.7 Å². The number of carbonyl (C=O) groups excluding carboxylic acids is 1. The van der Waals surface area contributed by atoms with E-state index in [1.807, 2.05) is 54.6 Å². The second kappa shape index (κ2) is 5.88. The molecule has 26 heavy (non-hydrogen) atoms. The summed E-state index contributed by atoms with van der Waals surface area (Å²) in [6.07, 6.45) is 0. The lowest BCUT2D eigenvalue weighted by Gasteiger charge is -2.30. The van der Waals surface area contributed by atoms with Gasteiger partial charge in [0.1, 0.15) is 11.5 Å². The normalized spacial score (nSPS) is 14.9. The molecule has 3 aromatic rings. The predicted octanol–water partition coefficient (Wildman–Crippen LogP) is 4.26. The molecule has 0 atom stereocenters. The molecule has 0 amide bonds. The molecule has 2 aromatic carbocycles. The van der Waals surface area contributed by atoms with Crippen molar-refractivity contribution in [3.05, 3.63) is 76.6 Å². The van der Waals surface area contributed by atoms with Crippen LogP contribution >= 0.6 is 0 Å². The van der Waals surface area contributed by atoms with E-state index in [-0.39, 0.29) is 11.3 Å². The number of ether oxygens (including phenoxy) is 2. The molecule has 5 heteroatoms. The van der Waals surface area contributed by atoms with Gasteiger partial charge in [0.15, 0.2) is 5.56 Å². The van der Waals surface area contributed by atoms with Crippen LogP contribution in [0.5, 0.6) is 5.75 Å². The summed E-state index contributed by atoms with van der Waals surface area (Å²) in [4.78, 5) is 24.2. The molecule has 130 valence electrons. The Balaban J connectivity index is 1.74. The fraction of sp³-hybridized carbons (Fsp3) is 0.143. The van der Waals surface area contributed by atoms with Crippen molar-refractivity contribution in [3.8, 4) is 28.2 Å². The zero-order chi connectivity index (χ0) is 18.3. The van der Waals surface area contributed by atoms with E-state index >= 15 is 0 Å². The summed E-state index contributed by atoms with van der Waals surface area (Å²) < 4.78 is 16.0. The van der Waals surface area contributed by atoms with E-state index in [0.717, 1.165) is 11.1 Å². The third-order valence-electron chi connectivity index (χ3n) is 4.09. The minimum atomic E-state index is -1.13. The van der Waals surface area contributed by atoms with Crippen LogP contribution in [0.15, 0.2) is 69.9 Å². The van der Waals surface area contributed by atoms with Gasteiger partial charge in [-0.2, -0.15) is 0 Å². The molecule has 5 nitrogen and oxygen atoms in total. The van der Waals surface area contributed by atoms with Gasteiger partial charge >= 0.3 is 11.6 Å². The van der Waals surface area contributed by atoms with E-state index in [1.165, 1.54) is 0 Å². The van der Waals surface area contributed by atoms with Gasteiger partial charge in [0.2, 0.25) is 5.79 Å². The van der Waals surface area contributed by atoms with E-state index in [4.69, 9.17) is 13.9 Å². The van der Waals surface area contributed by atoms with Crippen molar-refractivity contribution in [1.29, 1.82) is 0 Å². The molecule has 0 saturated heterocycles. The fourth-order valence-electron chi connectivity index (χ4n) is 2.90. The van der Waals surface area contributed by atoms with Crippen molar-refractivity contribution in [2.45, 2.75) is 19.6 Å². The SMILES string of the molecule is CC1(C)OC(=O)c2c(cc(-c3ccc(-c4ccccc4)cc3)oc2=O)O1. The first kappa shape index (κ1) is 16.1. The third kappa shape index (κ3) is 2.88. The molecule has 0 N–H and O–H groups in total. The van der Waals surface area contributed by atoms with E-state index in [0.29, 0.717) is 11.3 Å². The summed E-state index contributed by atoms with van der Waals surface area (Å²) >= 11 is 0. The zero-order valence-corrected chi connectivity index (χ0v) is 14.3. The van der Waals surface area contributed by atoms with Gasteiger partial charge in [0.25, 0.3) is 0 Å². The van der Waals surface area contributed by atoms with Crippen molar-refractivity contribution in [1.82, 2.24) is 0 Å². The average Bonchev–Trinajstić information content (AvgIpc) is 2.60. The van der Waals surface area contributed by atoms with Gasteiger partial charge in [0.05, 0.1) is 0 Å². The summed E-state index contributed by atoms with van der Waals surface area (Å²) in [6.45, 7) is 3.22. The van der Waals surface area contributed by atoms with Crippen LogP contribution in [0.25, 0.3) is 22.5 Å². The van der Waals surface area contributed by atoms with Crippen LogP contribution in [0.1, 0.15) is 24.2 Å². The highest BCUT2D eigenvalue weighted by Gasteiger charge is 2.37. The largest absolute Gasteiger partial charge is 0.451 e. The molecule has 1 aliphatic rings. The van der Waals surface area contributed by atoms with Crippen LogP contribution in [0.3, 0.4) is 0 Å². The molecule has 0 unspecified atom stereocenters. The van der Waals surface area contributed by atoms with Crippen molar-refractivity contribution in [3.63, 3.8) is 0 Å². The van der Waals surface area contributed by atoms with E-state index in [2.05, 4.69) is 0 Å². The van der Waals surface area contributed by atoms with Crippen LogP contribution in [0.4, 0.5) is 0 Å². The standard InChI is InChI=1S/C21H16O5/c1-21(2)25-17-12-16(24-19(22)18(17)20(23)26-21)15-10-8-14(9-11-15)13-6-4-3-5-7-13/h3-12H,1-2H3. The number of fused-ring (bicyclic) bond motifs is 1. The number of cyclic esters (lactones) is 1. The Hall–Kier alpha value is -3.34. The molecular weight excluding hydrogens is 332 g/mol. The summed E-state index contributed by atoms with van der Waals surface area (Å²) in [5, 5.41) is 0. The molecule has 1 aromatic heterocycles. The first-order valence-corrected chi connectivity index (χ1v) is 8.19. The van der Waals surface area contributed by atoms with Crippen LogP contribution < -0.4 is 10.4 Å². The van der Waals surface area contributed by atoms with Gasteiger partial charge in [-0.05, 0) is 11.1 Å². The third-order valence-corrected chi connectivity index (χ3v) is 4.09. The number of carbonyl (C=O) groups is 1. The first-order valence-electron chi connectivity index (χ1n) is 8.19. The summed E-state index contributed by atoms with van der Waals surface area (Å²) in [5.41, 5.74) is 1.87. The number of hydrogen-bond acceptors (Lipinski definition) is 5. The monoisotopic (exact) mass is 348 g/mol. The lowest BCUT2D eigenvalue weighted by atomic mass is 10.0. The highest BCUT2D eigenvalue weighted by Crippen LogP contribution is 2.33. The fourth-order valence-corrected chi connectivity index (χ4v) is 2.90. The number of rotatable bonds is 2. The number of esters is 1. The Labute approximate surface area is 149 Å².